The molecular weight excluding hydrogens is 280 g/mol. The van der Waals surface area contributed by atoms with Crippen molar-refractivity contribution in [2.24, 2.45) is 0 Å². The van der Waals surface area contributed by atoms with E-state index in [0.717, 1.165) is 0 Å². The monoisotopic (exact) mass is 298 g/mol. The second-order valence-corrected chi connectivity index (χ2v) is 6.99. The lowest BCUT2D eigenvalue weighted by Gasteiger charge is -2.24. The standard InChI is InChI=1S/C13H18N2O4S/c1-3-19-12-11(5-4-7-14-12)13(16)15(2)10-6-8-20(17,18)9-10/h4-5,7,10H,3,6,8-9H2,1-2H3. The first-order chi connectivity index (χ1) is 9.44. The fraction of sp³-hybridized carbons (Fsp3) is 0.538. The van der Waals surface area contributed by atoms with Crippen LogP contribution in [0.3, 0.4) is 0 Å². The summed E-state index contributed by atoms with van der Waals surface area (Å²) in [5, 5.41) is 0. The number of hydrogen-bond acceptors (Lipinski definition) is 5. The second kappa shape index (κ2) is 5.78. The largest absolute Gasteiger partial charge is 0.477 e. The fourth-order valence-electron chi connectivity index (χ4n) is 2.24. The Hall–Kier alpha value is -1.63. The van der Waals surface area contributed by atoms with Crippen molar-refractivity contribution >= 4 is 15.7 Å². The van der Waals surface area contributed by atoms with Gasteiger partial charge in [0.05, 0.1) is 18.1 Å². The van der Waals surface area contributed by atoms with E-state index in [1.165, 1.54) is 4.90 Å². The Morgan fingerprint density at radius 2 is 2.30 bits per heavy atom. The van der Waals surface area contributed by atoms with Gasteiger partial charge in [-0.3, -0.25) is 4.79 Å². The van der Waals surface area contributed by atoms with Crippen molar-refractivity contribution in [3.63, 3.8) is 0 Å². The van der Waals surface area contributed by atoms with Crippen LogP contribution < -0.4 is 4.74 Å². The number of carbonyl (C=O) groups is 1. The second-order valence-electron chi connectivity index (χ2n) is 4.76. The summed E-state index contributed by atoms with van der Waals surface area (Å²) in [5.41, 5.74) is 0.362. The molecule has 2 rings (SSSR count). The van der Waals surface area contributed by atoms with Crippen LogP contribution in [0, 0.1) is 0 Å². The van der Waals surface area contributed by atoms with Gasteiger partial charge in [0, 0.05) is 19.3 Å². The quantitative estimate of drug-likeness (QED) is 0.819. The summed E-state index contributed by atoms with van der Waals surface area (Å²) in [7, 11) is -1.40. The predicted molar refractivity (Wildman–Crippen MR) is 74.6 cm³/mol. The number of nitrogens with zero attached hydrogens (tertiary/aromatic N) is 2. The lowest BCUT2D eigenvalue weighted by molar-refractivity contribution is 0.0742. The minimum Gasteiger partial charge on any atom is -0.477 e. The molecule has 1 amide bonds. The van der Waals surface area contributed by atoms with E-state index in [9.17, 15) is 13.2 Å². The van der Waals surface area contributed by atoms with Gasteiger partial charge in [0.15, 0.2) is 9.84 Å². The molecule has 1 aromatic heterocycles. The fourth-order valence-corrected chi connectivity index (χ4v) is 4.02. The number of aromatic nitrogens is 1. The third kappa shape index (κ3) is 3.09. The van der Waals surface area contributed by atoms with Crippen molar-refractivity contribution in [1.82, 2.24) is 9.88 Å². The van der Waals surface area contributed by atoms with Crippen LogP contribution in [-0.2, 0) is 9.84 Å². The Morgan fingerprint density at radius 1 is 1.55 bits per heavy atom. The lowest BCUT2D eigenvalue weighted by atomic mass is 10.2. The zero-order valence-electron chi connectivity index (χ0n) is 11.6. The first-order valence-electron chi connectivity index (χ1n) is 6.50. The van der Waals surface area contributed by atoms with Gasteiger partial charge in [-0.15, -0.1) is 0 Å². The van der Waals surface area contributed by atoms with Crippen molar-refractivity contribution in [2.75, 3.05) is 25.2 Å². The van der Waals surface area contributed by atoms with Gasteiger partial charge in [0.2, 0.25) is 5.88 Å². The molecule has 1 atom stereocenters. The highest BCUT2D eigenvalue weighted by Gasteiger charge is 2.33. The first-order valence-corrected chi connectivity index (χ1v) is 8.32. The Bertz CT molecular complexity index is 600. The molecule has 0 aliphatic carbocycles. The van der Waals surface area contributed by atoms with E-state index in [1.807, 2.05) is 6.92 Å². The van der Waals surface area contributed by atoms with Gasteiger partial charge >= 0.3 is 0 Å². The van der Waals surface area contributed by atoms with E-state index >= 15 is 0 Å². The van der Waals surface area contributed by atoms with Crippen LogP contribution in [0.25, 0.3) is 0 Å². The average Bonchev–Trinajstić information content (AvgIpc) is 2.78. The molecule has 0 N–H and O–H groups in total. The van der Waals surface area contributed by atoms with Gasteiger partial charge in [-0.05, 0) is 25.5 Å². The van der Waals surface area contributed by atoms with Gasteiger partial charge in [0.1, 0.15) is 5.56 Å². The molecule has 1 fully saturated rings. The smallest absolute Gasteiger partial charge is 0.259 e. The van der Waals surface area contributed by atoms with Crippen LogP contribution in [-0.4, -0.2) is 55.4 Å². The summed E-state index contributed by atoms with van der Waals surface area (Å²) >= 11 is 0. The molecule has 1 unspecified atom stereocenters. The molecule has 20 heavy (non-hydrogen) atoms. The van der Waals surface area contributed by atoms with Crippen LogP contribution >= 0.6 is 0 Å². The maximum atomic E-state index is 12.4. The summed E-state index contributed by atoms with van der Waals surface area (Å²) in [4.78, 5) is 18.0. The average molecular weight is 298 g/mol. The highest BCUT2D eigenvalue weighted by molar-refractivity contribution is 7.91. The summed E-state index contributed by atoms with van der Waals surface area (Å²) < 4.78 is 28.3. The summed E-state index contributed by atoms with van der Waals surface area (Å²) in [5.74, 6) is 0.191. The van der Waals surface area contributed by atoms with E-state index in [1.54, 1.807) is 25.4 Å². The van der Waals surface area contributed by atoms with Crippen LogP contribution in [0.1, 0.15) is 23.7 Å². The molecule has 1 aromatic rings. The Balaban J connectivity index is 2.19. The van der Waals surface area contributed by atoms with Crippen LogP contribution in [0.4, 0.5) is 0 Å². The Kier molecular flexibility index (Phi) is 4.27. The molecule has 0 spiro atoms. The molecule has 1 aliphatic heterocycles. The molecule has 1 saturated heterocycles. The summed E-state index contributed by atoms with van der Waals surface area (Å²) in [6, 6.07) is 3.03. The van der Waals surface area contributed by atoms with Crippen molar-refractivity contribution in [3.05, 3.63) is 23.9 Å². The van der Waals surface area contributed by atoms with Crippen molar-refractivity contribution < 1.29 is 17.9 Å². The zero-order chi connectivity index (χ0) is 14.8. The molecular formula is C13H18N2O4S. The molecule has 7 heteroatoms. The van der Waals surface area contributed by atoms with Crippen molar-refractivity contribution in [3.8, 4) is 5.88 Å². The number of ether oxygens (including phenoxy) is 1. The third-order valence-electron chi connectivity index (χ3n) is 3.36. The number of hydrogen-bond donors (Lipinski definition) is 0. The third-order valence-corrected chi connectivity index (χ3v) is 5.11. The van der Waals surface area contributed by atoms with E-state index < -0.39 is 9.84 Å². The normalized spacial score (nSPS) is 20.6. The predicted octanol–water partition coefficient (Wildman–Crippen LogP) is 0.739. The van der Waals surface area contributed by atoms with Gasteiger partial charge in [-0.25, -0.2) is 13.4 Å². The number of rotatable bonds is 4. The maximum Gasteiger partial charge on any atom is 0.259 e. The van der Waals surface area contributed by atoms with Gasteiger partial charge in [0.25, 0.3) is 5.91 Å². The van der Waals surface area contributed by atoms with E-state index in [-0.39, 0.29) is 29.3 Å². The van der Waals surface area contributed by atoms with Gasteiger partial charge in [-0.2, -0.15) is 0 Å². The van der Waals surface area contributed by atoms with E-state index in [0.29, 0.717) is 18.6 Å². The molecule has 0 saturated carbocycles. The van der Waals surface area contributed by atoms with Crippen LogP contribution in [0.2, 0.25) is 0 Å². The van der Waals surface area contributed by atoms with Crippen LogP contribution in [0.15, 0.2) is 18.3 Å². The highest BCUT2D eigenvalue weighted by atomic mass is 32.2. The molecule has 0 radical (unpaired) electrons. The van der Waals surface area contributed by atoms with Crippen molar-refractivity contribution in [2.45, 2.75) is 19.4 Å². The SMILES string of the molecule is CCOc1ncccc1C(=O)N(C)C1CCS(=O)(=O)C1. The maximum absolute atomic E-state index is 12.4. The van der Waals surface area contributed by atoms with E-state index in [4.69, 9.17) is 4.74 Å². The summed E-state index contributed by atoms with van der Waals surface area (Å²) in [6.45, 7) is 2.23. The lowest BCUT2D eigenvalue weighted by Crippen LogP contribution is -2.38. The number of amides is 1. The molecule has 2 heterocycles. The highest BCUT2D eigenvalue weighted by Crippen LogP contribution is 2.21. The minimum atomic E-state index is -3.02. The Morgan fingerprint density at radius 3 is 2.90 bits per heavy atom. The van der Waals surface area contributed by atoms with Crippen LogP contribution in [0.5, 0.6) is 5.88 Å². The number of pyridine rings is 1. The molecule has 0 aromatic carbocycles. The van der Waals surface area contributed by atoms with Crippen molar-refractivity contribution in [1.29, 1.82) is 0 Å². The zero-order valence-corrected chi connectivity index (χ0v) is 12.4. The first kappa shape index (κ1) is 14.8. The van der Waals surface area contributed by atoms with E-state index in [2.05, 4.69) is 4.98 Å². The van der Waals surface area contributed by atoms with Gasteiger partial charge < -0.3 is 9.64 Å². The minimum absolute atomic E-state index is 0.0273. The van der Waals surface area contributed by atoms with Gasteiger partial charge in [-0.1, -0.05) is 0 Å². The Labute approximate surface area is 118 Å². The number of carbonyl (C=O) groups excluding carboxylic acids is 1. The molecule has 6 nitrogen and oxygen atoms in total. The molecule has 1 aliphatic rings. The number of sulfone groups is 1. The molecule has 110 valence electrons. The molecule has 0 bridgehead atoms. The summed E-state index contributed by atoms with van der Waals surface area (Å²) in [6.07, 6.45) is 2.04. The topological polar surface area (TPSA) is 76.6 Å².